The number of carbonyl (C=O) groups is 4. The fraction of sp³-hybridized carbons (Fsp3) is 0.550. The Labute approximate surface area is 199 Å². The molecule has 1 fully saturated rings. The van der Waals surface area contributed by atoms with Crippen molar-refractivity contribution in [2.24, 2.45) is 4.99 Å². The van der Waals surface area contributed by atoms with Crippen molar-refractivity contribution in [1.29, 1.82) is 0 Å². The van der Waals surface area contributed by atoms with Crippen molar-refractivity contribution in [2.75, 3.05) is 18.2 Å². The Bertz CT molecular complexity index is 1050. The van der Waals surface area contributed by atoms with Gasteiger partial charge in [-0.05, 0) is 13.2 Å². The van der Waals surface area contributed by atoms with E-state index < -0.39 is 48.0 Å². The van der Waals surface area contributed by atoms with Gasteiger partial charge in [0.1, 0.15) is 0 Å². The molecule has 1 saturated heterocycles. The van der Waals surface area contributed by atoms with E-state index in [2.05, 4.69) is 20.3 Å². The van der Waals surface area contributed by atoms with Crippen molar-refractivity contribution >= 4 is 52.7 Å². The third-order valence-electron chi connectivity index (χ3n) is 4.48. The van der Waals surface area contributed by atoms with Gasteiger partial charge in [0, 0.05) is 27.7 Å². The third-order valence-corrected chi connectivity index (χ3v) is 5.06. The smallest absolute Gasteiger partial charge is 0.303 e. The van der Waals surface area contributed by atoms with Crippen LogP contribution in [0.4, 0.5) is 11.5 Å². The zero-order valence-electron chi connectivity index (χ0n) is 19.5. The minimum atomic E-state index is -1.29. The van der Waals surface area contributed by atoms with Crippen LogP contribution < -0.4 is 10.9 Å². The summed E-state index contributed by atoms with van der Waals surface area (Å²) in [5.41, 5.74) is -0.778. The number of ketones is 1. The van der Waals surface area contributed by atoms with Gasteiger partial charge in [-0.3, -0.25) is 29.0 Å². The zero-order valence-corrected chi connectivity index (χ0v) is 20.3. The van der Waals surface area contributed by atoms with Crippen LogP contribution in [-0.2, 0) is 38.1 Å². The molecule has 0 radical (unpaired) electrons. The summed E-state index contributed by atoms with van der Waals surface area (Å²) in [5, 5.41) is 3.08. The molecule has 34 heavy (non-hydrogen) atoms. The van der Waals surface area contributed by atoms with Crippen LogP contribution in [0.5, 0.6) is 0 Å². The van der Waals surface area contributed by atoms with Gasteiger partial charge in [0.25, 0.3) is 5.56 Å². The predicted molar refractivity (Wildman–Crippen MR) is 120 cm³/mol. The van der Waals surface area contributed by atoms with E-state index in [0.717, 1.165) is 25.6 Å². The maximum Gasteiger partial charge on any atom is 0.303 e. The Morgan fingerprint density at radius 2 is 1.62 bits per heavy atom. The van der Waals surface area contributed by atoms with Crippen LogP contribution >= 0.6 is 11.8 Å². The molecule has 186 valence electrons. The number of aliphatic imine (C=N–C) groups is 1. The number of hydrogen-bond acceptors (Lipinski definition) is 13. The van der Waals surface area contributed by atoms with Gasteiger partial charge in [-0.25, -0.2) is 9.98 Å². The van der Waals surface area contributed by atoms with Crippen molar-refractivity contribution in [3.05, 3.63) is 10.4 Å². The number of nitrogens with one attached hydrogen (secondary N) is 2. The fourth-order valence-electron chi connectivity index (χ4n) is 2.99. The molecule has 0 aromatic carbocycles. The summed E-state index contributed by atoms with van der Waals surface area (Å²) >= 11 is 1.15. The Balaban J connectivity index is 2.53. The van der Waals surface area contributed by atoms with Crippen LogP contribution in [0.25, 0.3) is 0 Å². The van der Waals surface area contributed by atoms with E-state index in [0.29, 0.717) is 0 Å². The summed E-state index contributed by atoms with van der Waals surface area (Å²) in [7, 11) is 0. The van der Waals surface area contributed by atoms with Gasteiger partial charge in [0.2, 0.25) is 0 Å². The van der Waals surface area contributed by atoms with E-state index in [1.165, 1.54) is 20.8 Å². The molecule has 14 heteroatoms. The molecule has 1 aromatic heterocycles. The summed E-state index contributed by atoms with van der Waals surface area (Å²) in [6.45, 7) is 5.96. The van der Waals surface area contributed by atoms with Crippen molar-refractivity contribution in [3.63, 3.8) is 0 Å². The van der Waals surface area contributed by atoms with E-state index in [-0.39, 0.29) is 34.8 Å². The summed E-state index contributed by atoms with van der Waals surface area (Å²) in [6.07, 6.45) is -3.07. The molecular formula is C20H26N4O9S. The SMILES string of the molecule is CSc1nc(N[C@@H]2OC[C@@H](OC(C)=O)[C@@H](OC(C)=O)[C@H]2OC(C)=O)c(N=C(C)C(C)=O)c(=O)[nH]1. The molecule has 0 amide bonds. The summed E-state index contributed by atoms with van der Waals surface area (Å²) in [5.74, 6) is -2.51. The molecule has 1 aliphatic heterocycles. The van der Waals surface area contributed by atoms with Crippen LogP contribution in [0.2, 0.25) is 0 Å². The van der Waals surface area contributed by atoms with Crippen LogP contribution in [0.1, 0.15) is 34.6 Å². The summed E-state index contributed by atoms with van der Waals surface area (Å²) in [4.78, 5) is 70.3. The maximum atomic E-state index is 12.6. The zero-order chi connectivity index (χ0) is 25.6. The first-order valence-corrected chi connectivity index (χ1v) is 11.3. The highest BCUT2D eigenvalue weighted by atomic mass is 32.2. The Kier molecular flexibility index (Phi) is 9.32. The second-order valence-electron chi connectivity index (χ2n) is 7.22. The average molecular weight is 499 g/mol. The minimum Gasteiger partial charge on any atom is -0.456 e. The first kappa shape index (κ1) is 27.0. The van der Waals surface area contributed by atoms with Gasteiger partial charge in [-0.15, -0.1) is 0 Å². The van der Waals surface area contributed by atoms with E-state index >= 15 is 0 Å². The Hall–Kier alpha value is -3.26. The highest BCUT2D eigenvalue weighted by Gasteiger charge is 2.47. The molecular weight excluding hydrogens is 472 g/mol. The first-order chi connectivity index (χ1) is 15.9. The lowest BCUT2D eigenvalue weighted by atomic mass is 10.0. The van der Waals surface area contributed by atoms with Crippen LogP contribution in [-0.4, -0.2) is 76.8 Å². The lowest BCUT2D eigenvalue weighted by Gasteiger charge is -2.40. The molecule has 0 aliphatic carbocycles. The molecule has 2 heterocycles. The van der Waals surface area contributed by atoms with Crippen LogP contribution in [0.15, 0.2) is 14.9 Å². The standard InChI is InChI=1S/C20H26N4O9S/c1-8(9(2)25)21-14-17(23-20(34-6)24-18(14)29)22-19-16(33-12(5)28)15(32-11(4)27)13(7-30-19)31-10(3)26/h13,15-16,19H,7H2,1-6H3,(H2,22,23,24,29)/t13-,15-,16-,19-/m1/s1. The molecule has 13 nitrogen and oxygen atoms in total. The van der Waals surface area contributed by atoms with Crippen LogP contribution in [0, 0.1) is 0 Å². The molecule has 0 saturated carbocycles. The van der Waals surface area contributed by atoms with Crippen molar-refractivity contribution in [3.8, 4) is 0 Å². The van der Waals surface area contributed by atoms with Crippen molar-refractivity contribution < 1.29 is 38.1 Å². The fourth-order valence-corrected chi connectivity index (χ4v) is 3.37. The molecule has 1 aromatic rings. The third kappa shape index (κ3) is 7.12. The van der Waals surface area contributed by atoms with E-state index in [9.17, 15) is 24.0 Å². The summed E-state index contributed by atoms with van der Waals surface area (Å²) < 4.78 is 21.5. The van der Waals surface area contributed by atoms with E-state index in [1.807, 2.05) is 0 Å². The number of ether oxygens (including phenoxy) is 4. The number of anilines is 1. The lowest BCUT2D eigenvalue weighted by Crippen LogP contribution is -2.59. The average Bonchev–Trinajstić information content (AvgIpc) is 2.72. The van der Waals surface area contributed by atoms with Gasteiger partial charge in [0.05, 0.1) is 12.3 Å². The number of rotatable bonds is 8. The maximum absolute atomic E-state index is 12.6. The number of aromatic amines is 1. The van der Waals surface area contributed by atoms with Gasteiger partial charge in [-0.1, -0.05) is 11.8 Å². The minimum absolute atomic E-state index is 0.0565. The van der Waals surface area contributed by atoms with E-state index in [1.54, 1.807) is 6.26 Å². The largest absolute Gasteiger partial charge is 0.456 e. The normalized spacial score (nSPS) is 22.5. The highest BCUT2D eigenvalue weighted by Crippen LogP contribution is 2.28. The number of hydrogen-bond donors (Lipinski definition) is 2. The van der Waals surface area contributed by atoms with E-state index in [4.69, 9.17) is 18.9 Å². The molecule has 2 N–H and O–H groups in total. The number of H-pyrrole nitrogens is 1. The predicted octanol–water partition coefficient (Wildman–Crippen LogP) is 0.736. The van der Waals surface area contributed by atoms with Crippen molar-refractivity contribution in [1.82, 2.24) is 9.97 Å². The first-order valence-electron chi connectivity index (χ1n) is 10.1. The van der Waals surface area contributed by atoms with Gasteiger partial charge in [-0.2, -0.15) is 0 Å². The molecule has 4 atom stereocenters. The van der Waals surface area contributed by atoms with Crippen molar-refractivity contribution in [2.45, 2.75) is 64.3 Å². The second-order valence-corrected chi connectivity index (χ2v) is 8.02. The lowest BCUT2D eigenvalue weighted by molar-refractivity contribution is -0.221. The Morgan fingerprint density at radius 3 is 2.15 bits per heavy atom. The number of thioether (sulfide) groups is 1. The van der Waals surface area contributed by atoms with Gasteiger partial charge in [0.15, 0.2) is 47.0 Å². The highest BCUT2D eigenvalue weighted by molar-refractivity contribution is 7.98. The second kappa shape index (κ2) is 11.7. The number of nitrogens with zero attached hydrogens (tertiary/aromatic N) is 2. The molecule has 0 unspecified atom stereocenters. The van der Waals surface area contributed by atoms with Gasteiger partial charge >= 0.3 is 17.9 Å². The Morgan fingerprint density at radius 1 is 1.03 bits per heavy atom. The monoisotopic (exact) mass is 498 g/mol. The van der Waals surface area contributed by atoms with Crippen LogP contribution in [0.3, 0.4) is 0 Å². The topological polar surface area (TPSA) is 175 Å². The number of Topliss-reactive ketones (excluding diaryl/α,β-unsaturated/α-hetero) is 1. The number of carbonyl (C=O) groups excluding carboxylic acids is 4. The molecule has 0 bridgehead atoms. The number of aromatic nitrogens is 2. The number of esters is 3. The summed E-state index contributed by atoms with van der Waals surface area (Å²) in [6, 6.07) is 0. The molecule has 1 aliphatic rings. The quantitative estimate of drug-likeness (QED) is 0.169. The molecule has 2 rings (SSSR count). The molecule has 0 spiro atoms. The van der Waals surface area contributed by atoms with Gasteiger partial charge < -0.3 is 24.3 Å².